The number of piperazine rings is 1. The fourth-order valence-corrected chi connectivity index (χ4v) is 3.88. The normalized spacial score (nSPS) is 18.3. The summed E-state index contributed by atoms with van der Waals surface area (Å²) in [5, 5.41) is 21.1. The van der Waals surface area contributed by atoms with Gasteiger partial charge in [0.25, 0.3) is 0 Å². The van der Waals surface area contributed by atoms with Crippen molar-refractivity contribution in [2.45, 2.75) is 32.1 Å². The van der Waals surface area contributed by atoms with E-state index >= 15 is 0 Å². The van der Waals surface area contributed by atoms with Gasteiger partial charge in [0.05, 0.1) is 17.3 Å². The number of nitrogens with zero attached hydrogens (tertiary/aromatic N) is 3. The van der Waals surface area contributed by atoms with Gasteiger partial charge >= 0.3 is 5.97 Å². The van der Waals surface area contributed by atoms with Crippen LogP contribution < -0.4 is 10.2 Å². The molecule has 7 heteroatoms. The van der Waals surface area contributed by atoms with E-state index in [2.05, 4.69) is 21.2 Å². The van der Waals surface area contributed by atoms with Gasteiger partial charge in [-0.2, -0.15) is 5.26 Å². The first kappa shape index (κ1) is 19.2. The predicted octanol–water partition coefficient (Wildman–Crippen LogP) is 2.55. The molecule has 1 aromatic carbocycles. The van der Waals surface area contributed by atoms with Gasteiger partial charge in [-0.25, -0.2) is 4.79 Å². The van der Waals surface area contributed by atoms with E-state index in [9.17, 15) is 14.7 Å². The molecular formula is C20H26N4O3. The summed E-state index contributed by atoms with van der Waals surface area (Å²) in [5.74, 6) is -1.12. The number of rotatable bonds is 6. The molecule has 0 atom stereocenters. The lowest BCUT2D eigenvalue weighted by Crippen LogP contribution is -2.46. The minimum absolute atomic E-state index is 0.00666. The first-order valence-corrected chi connectivity index (χ1v) is 9.61. The maximum absolute atomic E-state index is 12.4. The van der Waals surface area contributed by atoms with E-state index in [-0.39, 0.29) is 17.4 Å². The van der Waals surface area contributed by atoms with Crippen LogP contribution in [-0.2, 0) is 4.79 Å². The highest BCUT2D eigenvalue weighted by atomic mass is 16.4. The predicted molar refractivity (Wildman–Crippen MR) is 103 cm³/mol. The Morgan fingerprint density at radius 1 is 1.19 bits per heavy atom. The third-order valence-corrected chi connectivity index (χ3v) is 5.49. The zero-order chi connectivity index (χ0) is 19.2. The van der Waals surface area contributed by atoms with Gasteiger partial charge in [-0.05, 0) is 31.0 Å². The second-order valence-corrected chi connectivity index (χ2v) is 7.24. The number of aromatic carboxylic acids is 1. The minimum Gasteiger partial charge on any atom is -0.478 e. The second-order valence-electron chi connectivity index (χ2n) is 7.24. The molecule has 1 heterocycles. The van der Waals surface area contributed by atoms with Crippen LogP contribution in [0.5, 0.6) is 0 Å². The van der Waals surface area contributed by atoms with Crippen molar-refractivity contribution < 1.29 is 14.7 Å². The van der Waals surface area contributed by atoms with Crippen molar-refractivity contribution in [3.8, 4) is 6.07 Å². The van der Waals surface area contributed by atoms with Crippen LogP contribution in [0.25, 0.3) is 0 Å². The Bertz CT molecular complexity index is 729. The lowest BCUT2D eigenvalue weighted by molar-refractivity contribution is -0.119. The summed E-state index contributed by atoms with van der Waals surface area (Å²) < 4.78 is 0. The van der Waals surface area contributed by atoms with Crippen molar-refractivity contribution in [2.24, 2.45) is 5.92 Å². The quantitative estimate of drug-likeness (QED) is 0.799. The fraction of sp³-hybridized carbons (Fsp3) is 0.550. The lowest BCUT2D eigenvalue weighted by Gasteiger charge is -2.36. The Morgan fingerprint density at radius 2 is 1.89 bits per heavy atom. The van der Waals surface area contributed by atoms with Crippen LogP contribution in [0.2, 0.25) is 0 Å². The maximum atomic E-state index is 12.4. The highest BCUT2D eigenvalue weighted by Crippen LogP contribution is 2.28. The first-order valence-electron chi connectivity index (χ1n) is 9.61. The van der Waals surface area contributed by atoms with Gasteiger partial charge in [0, 0.05) is 50.7 Å². The average molecular weight is 370 g/mol. The van der Waals surface area contributed by atoms with Gasteiger partial charge in [0.15, 0.2) is 0 Å². The van der Waals surface area contributed by atoms with Crippen molar-refractivity contribution in [3.63, 3.8) is 0 Å². The van der Waals surface area contributed by atoms with Crippen LogP contribution in [0.15, 0.2) is 18.2 Å². The molecule has 1 aliphatic carbocycles. The maximum Gasteiger partial charge on any atom is 0.337 e. The van der Waals surface area contributed by atoms with Gasteiger partial charge < -0.3 is 15.3 Å². The molecule has 0 aromatic heterocycles. The molecule has 1 saturated carbocycles. The van der Waals surface area contributed by atoms with Crippen molar-refractivity contribution in [3.05, 3.63) is 23.8 Å². The average Bonchev–Trinajstić information content (AvgIpc) is 3.22. The zero-order valence-electron chi connectivity index (χ0n) is 15.5. The molecule has 1 aromatic rings. The van der Waals surface area contributed by atoms with E-state index in [0.29, 0.717) is 12.1 Å². The molecule has 0 radical (unpaired) electrons. The van der Waals surface area contributed by atoms with Gasteiger partial charge in [0.1, 0.15) is 0 Å². The number of hydrogen-bond acceptors (Lipinski definition) is 5. The molecule has 0 unspecified atom stereocenters. The van der Waals surface area contributed by atoms with Crippen LogP contribution in [0.4, 0.5) is 11.4 Å². The van der Waals surface area contributed by atoms with Gasteiger partial charge in [-0.15, -0.1) is 0 Å². The SMILES string of the molecule is N#CCCN1CCN(c2ccc(NC(=O)C3CCCC3)c(C(=O)O)c2)CC1. The molecule has 0 spiro atoms. The number of hydrogen-bond donors (Lipinski definition) is 2. The second kappa shape index (κ2) is 8.87. The number of amides is 1. The number of anilines is 2. The van der Waals surface area contributed by atoms with Crippen LogP contribution in [0.1, 0.15) is 42.5 Å². The summed E-state index contributed by atoms with van der Waals surface area (Å²) in [6.07, 6.45) is 4.40. The standard InChI is InChI=1S/C20H26N4O3/c21-8-3-9-23-10-12-24(13-11-23)16-6-7-18(17(14-16)20(26)27)22-19(25)15-4-1-2-5-15/h6-7,14-15H,1-5,9-13H2,(H,22,25)(H,26,27). The Kier molecular flexibility index (Phi) is 6.30. The number of carboxylic acids is 1. The molecule has 1 aliphatic heterocycles. The van der Waals surface area contributed by atoms with Crippen molar-refractivity contribution in [2.75, 3.05) is 42.9 Å². The summed E-state index contributed by atoms with van der Waals surface area (Å²) in [6, 6.07) is 7.39. The van der Waals surface area contributed by atoms with Crippen molar-refractivity contribution in [1.29, 1.82) is 5.26 Å². The van der Waals surface area contributed by atoms with E-state index < -0.39 is 5.97 Å². The third kappa shape index (κ3) is 4.77. The monoisotopic (exact) mass is 370 g/mol. The molecule has 144 valence electrons. The molecule has 7 nitrogen and oxygen atoms in total. The van der Waals surface area contributed by atoms with Crippen LogP contribution in [0.3, 0.4) is 0 Å². The zero-order valence-corrected chi connectivity index (χ0v) is 15.5. The van der Waals surface area contributed by atoms with E-state index in [1.807, 2.05) is 6.07 Å². The minimum atomic E-state index is -1.04. The van der Waals surface area contributed by atoms with Gasteiger partial charge in [0.2, 0.25) is 5.91 Å². The third-order valence-electron chi connectivity index (χ3n) is 5.49. The number of carbonyl (C=O) groups is 2. The molecule has 1 saturated heterocycles. The topological polar surface area (TPSA) is 96.7 Å². The summed E-state index contributed by atoms with van der Waals surface area (Å²) in [7, 11) is 0. The Labute approximate surface area is 159 Å². The summed E-state index contributed by atoms with van der Waals surface area (Å²) >= 11 is 0. The van der Waals surface area contributed by atoms with E-state index in [1.54, 1.807) is 12.1 Å². The van der Waals surface area contributed by atoms with Crippen LogP contribution in [-0.4, -0.2) is 54.6 Å². The van der Waals surface area contributed by atoms with Gasteiger partial charge in [-0.1, -0.05) is 12.8 Å². The highest BCUT2D eigenvalue weighted by molar-refractivity contribution is 6.02. The number of carbonyl (C=O) groups excluding carboxylic acids is 1. The number of benzene rings is 1. The molecule has 2 N–H and O–H groups in total. The van der Waals surface area contributed by atoms with Gasteiger partial charge in [-0.3, -0.25) is 9.69 Å². The van der Waals surface area contributed by atoms with E-state index in [0.717, 1.165) is 64.1 Å². The van der Waals surface area contributed by atoms with Crippen LogP contribution >= 0.6 is 0 Å². The number of carboxylic acid groups (broad SMARTS) is 1. The summed E-state index contributed by atoms with van der Waals surface area (Å²) in [6.45, 7) is 4.06. The number of nitriles is 1. The molecule has 2 aliphatic rings. The molecule has 2 fully saturated rings. The molecule has 1 amide bonds. The van der Waals surface area contributed by atoms with E-state index in [1.165, 1.54) is 0 Å². The lowest BCUT2D eigenvalue weighted by atomic mass is 10.1. The molecule has 27 heavy (non-hydrogen) atoms. The molecular weight excluding hydrogens is 344 g/mol. The number of nitrogens with one attached hydrogen (secondary N) is 1. The van der Waals surface area contributed by atoms with Crippen LogP contribution in [0, 0.1) is 17.2 Å². The summed E-state index contributed by atoms with van der Waals surface area (Å²) in [5.41, 5.74) is 1.35. The van der Waals surface area contributed by atoms with Crippen molar-refractivity contribution in [1.82, 2.24) is 4.90 Å². The smallest absolute Gasteiger partial charge is 0.337 e. The summed E-state index contributed by atoms with van der Waals surface area (Å²) in [4.78, 5) is 28.5. The Hall–Kier alpha value is -2.59. The molecule has 0 bridgehead atoms. The molecule has 3 rings (SSSR count). The largest absolute Gasteiger partial charge is 0.478 e. The fourth-order valence-electron chi connectivity index (χ4n) is 3.88. The Morgan fingerprint density at radius 3 is 2.52 bits per heavy atom. The highest BCUT2D eigenvalue weighted by Gasteiger charge is 2.25. The van der Waals surface area contributed by atoms with E-state index in [4.69, 9.17) is 5.26 Å². The Balaban J connectivity index is 1.68. The first-order chi connectivity index (χ1) is 13.1. The van der Waals surface area contributed by atoms with Crippen molar-refractivity contribution >= 4 is 23.3 Å².